The largest absolute Gasteiger partial charge is 0.449 e. The topological polar surface area (TPSA) is 49.9 Å². The lowest BCUT2D eigenvalue weighted by atomic mass is 9.80. The molecule has 128 valence electrons. The molecule has 0 N–H and O–H groups in total. The number of carbonyl (C=O) groups excluding carboxylic acids is 2. The lowest BCUT2D eigenvalue weighted by Crippen LogP contribution is -2.51. The molecule has 0 unspecified atom stereocenters. The third kappa shape index (κ3) is 2.47. The van der Waals surface area contributed by atoms with Crippen LogP contribution in [0.2, 0.25) is 0 Å². The van der Waals surface area contributed by atoms with Crippen molar-refractivity contribution in [2.24, 2.45) is 0 Å². The summed E-state index contributed by atoms with van der Waals surface area (Å²) in [6.07, 6.45) is 2.95. The Morgan fingerprint density at radius 2 is 1.96 bits per heavy atom. The Hall–Kier alpha value is -2.02. The van der Waals surface area contributed by atoms with Gasteiger partial charge in [-0.05, 0) is 44.1 Å². The molecule has 7 heteroatoms. The Bertz CT molecular complexity index is 688. The Morgan fingerprint density at radius 3 is 2.58 bits per heavy atom. The van der Waals surface area contributed by atoms with E-state index in [1.165, 1.54) is 11.0 Å². The van der Waals surface area contributed by atoms with E-state index in [4.69, 9.17) is 17.0 Å². The molecule has 1 saturated heterocycles. The number of anilines is 1. The highest BCUT2D eigenvalue weighted by Crippen LogP contribution is 2.44. The number of nitrogens with zero attached hydrogens (tertiary/aromatic N) is 2. The molecule has 0 atom stereocenters. The van der Waals surface area contributed by atoms with Crippen LogP contribution in [0.5, 0.6) is 0 Å². The highest BCUT2D eigenvalue weighted by atomic mass is 32.1. The van der Waals surface area contributed by atoms with Crippen molar-refractivity contribution >= 4 is 35.0 Å². The van der Waals surface area contributed by atoms with E-state index in [9.17, 15) is 14.0 Å². The third-order valence-corrected chi connectivity index (χ3v) is 5.00. The molecule has 1 aliphatic carbocycles. The second kappa shape index (κ2) is 6.47. The Labute approximate surface area is 145 Å². The number of imide groups is 1. The normalized spacial score (nSPS) is 19.9. The number of ether oxygens (including phenoxy) is 1. The van der Waals surface area contributed by atoms with Gasteiger partial charge in [-0.15, -0.1) is 0 Å². The Morgan fingerprint density at radius 1 is 1.29 bits per heavy atom. The molecule has 2 fully saturated rings. The van der Waals surface area contributed by atoms with Crippen LogP contribution in [0, 0.1) is 5.82 Å². The van der Waals surface area contributed by atoms with Gasteiger partial charge in [-0.3, -0.25) is 9.69 Å². The number of hydrogen-bond donors (Lipinski definition) is 0. The average molecular weight is 350 g/mol. The minimum Gasteiger partial charge on any atom is -0.449 e. The van der Waals surface area contributed by atoms with Gasteiger partial charge < -0.3 is 4.74 Å². The van der Waals surface area contributed by atoms with E-state index < -0.39 is 23.4 Å². The molecule has 0 aromatic heterocycles. The van der Waals surface area contributed by atoms with Crippen LogP contribution in [0.15, 0.2) is 24.3 Å². The van der Waals surface area contributed by atoms with Gasteiger partial charge in [0.05, 0.1) is 12.3 Å². The van der Waals surface area contributed by atoms with Crippen LogP contribution in [0.4, 0.5) is 14.9 Å². The van der Waals surface area contributed by atoms with Crippen LogP contribution in [0.1, 0.15) is 39.0 Å². The number of para-hydroxylation sites is 1. The van der Waals surface area contributed by atoms with Crippen LogP contribution < -0.4 is 4.90 Å². The molecule has 1 aromatic rings. The summed E-state index contributed by atoms with van der Waals surface area (Å²) in [5, 5.41) is -0.00884. The molecular weight excluding hydrogens is 331 g/mol. The van der Waals surface area contributed by atoms with Crippen molar-refractivity contribution < 1.29 is 18.7 Å². The van der Waals surface area contributed by atoms with Crippen LogP contribution in [0.25, 0.3) is 0 Å². The first-order valence-corrected chi connectivity index (χ1v) is 8.54. The molecule has 0 bridgehead atoms. The predicted octanol–water partition coefficient (Wildman–Crippen LogP) is 3.62. The van der Waals surface area contributed by atoms with Crippen molar-refractivity contribution in [1.82, 2.24) is 4.90 Å². The number of halogens is 1. The van der Waals surface area contributed by atoms with Gasteiger partial charge in [0.1, 0.15) is 11.4 Å². The van der Waals surface area contributed by atoms with E-state index in [1.54, 1.807) is 25.1 Å². The van der Waals surface area contributed by atoms with E-state index in [-0.39, 0.29) is 17.4 Å². The molecular formula is C17H19FN2O3S. The van der Waals surface area contributed by atoms with Gasteiger partial charge in [0.15, 0.2) is 5.11 Å². The highest BCUT2D eigenvalue weighted by molar-refractivity contribution is 7.80. The summed E-state index contributed by atoms with van der Waals surface area (Å²) in [5.41, 5.74) is -0.769. The van der Waals surface area contributed by atoms with Gasteiger partial charge in [-0.1, -0.05) is 31.4 Å². The zero-order valence-corrected chi connectivity index (χ0v) is 14.3. The quantitative estimate of drug-likeness (QED) is 0.763. The molecule has 1 aliphatic heterocycles. The first-order chi connectivity index (χ1) is 11.5. The van der Waals surface area contributed by atoms with Crippen molar-refractivity contribution in [3.8, 4) is 0 Å². The summed E-state index contributed by atoms with van der Waals surface area (Å²) in [4.78, 5) is 27.7. The van der Waals surface area contributed by atoms with Crippen molar-refractivity contribution in [3.05, 3.63) is 30.1 Å². The fourth-order valence-electron chi connectivity index (χ4n) is 3.56. The van der Waals surface area contributed by atoms with E-state index in [0.717, 1.165) is 24.2 Å². The number of carbonyl (C=O) groups is 2. The lowest BCUT2D eigenvalue weighted by molar-refractivity contribution is -0.130. The molecule has 5 nitrogen and oxygen atoms in total. The van der Waals surface area contributed by atoms with E-state index in [0.29, 0.717) is 12.8 Å². The van der Waals surface area contributed by atoms with E-state index >= 15 is 0 Å². The first-order valence-electron chi connectivity index (χ1n) is 8.13. The third-order valence-electron chi connectivity index (χ3n) is 4.64. The summed E-state index contributed by atoms with van der Waals surface area (Å²) < 4.78 is 19.4. The van der Waals surface area contributed by atoms with Gasteiger partial charge in [0.2, 0.25) is 0 Å². The molecule has 0 radical (unpaired) electrons. The average Bonchev–Trinajstić information content (AvgIpc) is 2.77. The van der Waals surface area contributed by atoms with Gasteiger partial charge in [0.25, 0.3) is 5.91 Å². The number of amides is 2. The van der Waals surface area contributed by atoms with Crippen LogP contribution in [-0.2, 0) is 9.53 Å². The molecule has 1 saturated carbocycles. The Kier molecular flexibility index (Phi) is 4.54. The maximum atomic E-state index is 14.4. The second-order valence-corrected chi connectivity index (χ2v) is 6.37. The number of hydrogen-bond acceptors (Lipinski definition) is 4. The lowest BCUT2D eigenvalue weighted by Gasteiger charge is -2.39. The summed E-state index contributed by atoms with van der Waals surface area (Å²) in [5.74, 6) is -0.878. The maximum Gasteiger partial charge on any atom is 0.423 e. The molecule has 3 rings (SSSR count). The standard InChI is InChI=1S/C17H19FN2O3S/c1-2-23-16(22)19-14(21)17(10-6-3-7-11-17)20(15(19)24)13-9-5-4-8-12(13)18/h4-5,8-9H,2-3,6-7,10-11H2,1H3. The molecule has 1 aromatic carbocycles. The van der Waals surface area contributed by atoms with Gasteiger partial charge >= 0.3 is 6.09 Å². The van der Waals surface area contributed by atoms with Crippen molar-refractivity contribution in [3.63, 3.8) is 0 Å². The van der Waals surface area contributed by atoms with Gasteiger partial charge in [-0.25, -0.2) is 9.18 Å². The Balaban J connectivity index is 2.10. The monoisotopic (exact) mass is 350 g/mol. The minimum atomic E-state index is -0.996. The van der Waals surface area contributed by atoms with Crippen LogP contribution in [-0.4, -0.2) is 34.2 Å². The van der Waals surface area contributed by atoms with E-state index in [1.807, 2.05) is 0 Å². The molecule has 1 spiro atoms. The zero-order chi connectivity index (χ0) is 17.3. The highest BCUT2D eigenvalue weighted by Gasteiger charge is 2.58. The molecule has 24 heavy (non-hydrogen) atoms. The fraction of sp³-hybridized carbons (Fsp3) is 0.471. The van der Waals surface area contributed by atoms with Crippen LogP contribution >= 0.6 is 12.2 Å². The SMILES string of the molecule is CCOC(=O)N1C(=O)C2(CCCCC2)N(c2ccccc2F)C1=S. The van der Waals surface area contributed by atoms with Crippen LogP contribution in [0.3, 0.4) is 0 Å². The van der Waals surface area contributed by atoms with Crippen molar-refractivity contribution in [2.75, 3.05) is 11.5 Å². The van der Waals surface area contributed by atoms with Crippen molar-refractivity contribution in [2.45, 2.75) is 44.6 Å². The zero-order valence-electron chi connectivity index (χ0n) is 13.5. The van der Waals surface area contributed by atoms with E-state index in [2.05, 4.69) is 0 Å². The number of thiocarbonyl (C=S) groups is 1. The molecule has 1 heterocycles. The number of rotatable bonds is 2. The smallest absolute Gasteiger partial charge is 0.423 e. The number of benzene rings is 1. The summed E-state index contributed by atoms with van der Waals surface area (Å²) in [7, 11) is 0. The maximum absolute atomic E-state index is 14.4. The fourth-order valence-corrected chi connectivity index (χ4v) is 3.99. The summed E-state index contributed by atoms with van der Waals surface area (Å²) in [6.45, 7) is 1.80. The van der Waals surface area contributed by atoms with Crippen molar-refractivity contribution in [1.29, 1.82) is 0 Å². The first kappa shape index (κ1) is 16.8. The summed E-state index contributed by atoms with van der Waals surface area (Å²) in [6, 6.07) is 6.18. The molecule has 2 aliphatic rings. The van der Waals surface area contributed by atoms with Gasteiger partial charge in [0, 0.05) is 0 Å². The predicted molar refractivity (Wildman–Crippen MR) is 91.2 cm³/mol. The second-order valence-electron chi connectivity index (χ2n) is 6.00. The van der Waals surface area contributed by atoms with Gasteiger partial charge in [-0.2, -0.15) is 4.90 Å². The summed E-state index contributed by atoms with van der Waals surface area (Å²) >= 11 is 5.39. The minimum absolute atomic E-state index is 0.00884. The molecule has 2 amide bonds.